The number of sulfone groups is 1. The lowest BCUT2D eigenvalue weighted by atomic mass is 10.1. The highest BCUT2D eigenvalue weighted by Crippen LogP contribution is 2.30. The minimum atomic E-state index is -5.36. The van der Waals surface area contributed by atoms with Crippen LogP contribution >= 0.6 is 0 Å². The van der Waals surface area contributed by atoms with Crippen molar-refractivity contribution in [2.24, 2.45) is 5.92 Å². The molecule has 0 radical (unpaired) electrons. The Morgan fingerprint density at radius 3 is 2.19 bits per heavy atom. The van der Waals surface area contributed by atoms with E-state index in [1.165, 1.54) is 0 Å². The van der Waals surface area contributed by atoms with E-state index in [0.717, 1.165) is 24.3 Å². The zero-order valence-corrected chi connectivity index (χ0v) is 11.8. The molecule has 0 amide bonds. The van der Waals surface area contributed by atoms with Crippen molar-refractivity contribution in [1.29, 1.82) is 0 Å². The molecule has 1 aromatic rings. The number of halogens is 3. The van der Waals surface area contributed by atoms with Gasteiger partial charge in [0, 0.05) is 12.2 Å². The molecule has 0 saturated heterocycles. The molecule has 1 aromatic carbocycles. The Morgan fingerprint density at radius 2 is 1.81 bits per heavy atom. The number of alkyl halides is 3. The van der Waals surface area contributed by atoms with Crippen molar-refractivity contribution in [2.45, 2.75) is 23.7 Å². The molecule has 9 heteroatoms. The highest BCUT2D eigenvalue weighted by Gasteiger charge is 2.46. The lowest BCUT2D eigenvalue weighted by Crippen LogP contribution is -2.23. The summed E-state index contributed by atoms with van der Waals surface area (Å²) in [5.74, 6) is -1.62. The molecule has 0 aromatic heterocycles. The Bertz CT molecular complexity index is 596. The van der Waals surface area contributed by atoms with E-state index in [0.29, 0.717) is 12.1 Å². The predicted octanol–water partition coefficient (Wildman–Crippen LogP) is 2.50. The predicted molar refractivity (Wildman–Crippen MR) is 69.6 cm³/mol. The molecule has 0 bridgehead atoms. The van der Waals surface area contributed by atoms with Gasteiger partial charge in [0.15, 0.2) is 0 Å². The molecule has 0 heterocycles. The third kappa shape index (κ3) is 4.10. The Hall–Kier alpha value is -1.77. The maximum Gasteiger partial charge on any atom is 0.501 e. The van der Waals surface area contributed by atoms with Crippen LogP contribution in [0.25, 0.3) is 0 Å². The molecule has 118 valence electrons. The maximum atomic E-state index is 12.3. The molecule has 1 unspecified atom stereocenters. The largest absolute Gasteiger partial charge is 0.501 e. The van der Waals surface area contributed by atoms with Crippen LogP contribution in [0.3, 0.4) is 0 Å². The standard InChI is InChI=1S/C12H14F3NO4S/c1-2-8(11(17)18)7-16-9-3-5-10(6-4-9)21(19,20)12(13,14)15/h3-6,8,16H,2,7H2,1H3,(H,17,18). The second-order valence-corrected chi connectivity index (χ2v) is 6.24. The molecule has 0 fully saturated rings. The molecule has 0 aliphatic carbocycles. The zero-order chi connectivity index (χ0) is 16.3. The van der Waals surface area contributed by atoms with Crippen LogP contribution < -0.4 is 5.32 Å². The van der Waals surface area contributed by atoms with Gasteiger partial charge in [-0.2, -0.15) is 13.2 Å². The average Bonchev–Trinajstić information content (AvgIpc) is 2.38. The molecular weight excluding hydrogens is 311 g/mol. The molecule has 0 saturated carbocycles. The van der Waals surface area contributed by atoms with Crippen LogP contribution in [0.15, 0.2) is 29.2 Å². The normalized spacial score (nSPS) is 13.7. The van der Waals surface area contributed by atoms with Crippen molar-refractivity contribution in [3.05, 3.63) is 24.3 Å². The number of carboxylic acid groups (broad SMARTS) is 1. The highest BCUT2D eigenvalue weighted by molar-refractivity contribution is 7.92. The topological polar surface area (TPSA) is 83.5 Å². The number of hydrogen-bond donors (Lipinski definition) is 2. The quantitative estimate of drug-likeness (QED) is 0.839. The SMILES string of the molecule is CCC(CNc1ccc(S(=O)(=O)C(F)(F)F)cc1)C(=O)O. The number of carbonyl (C=O) groups is 1. The van der Waals surface area contributed by atoms with Gasteiger partial charge in [-0.15, -0.1) is 0 Å². The van der Waals surface area contributed by atoms with Crippen LogP contribution in [0, 0.1) is 5.92 Å². The van der Waals surface area contributed by atoms with E-state index in [1.807, 2.05) is 0 Å². The van der Waals surface area contributed by atoms with E-state index in [4.69, 9.17) is 5.11 Å². The van der Waals surface area contributed by atoms with E-state index in [2.05, 4.69) is 5.32 Å². The fourth-order valence-corrected chi connectivity index (χ4v) is 2.29. The summed E-state index contributed by atoms with van der Waals surface area (Å²) < 4.78 is 59.3. The zero-order valence-electron chi connectivity index (χ0n) is 11.0. The maximum absolute atomic E-state index is 12.3. The molecule has 2 N–H and O–H groups in total. The minimum Gasteiger partial charge on any atom is -0.481 e. The third-order valence-electron chi connectivity index (χ3n) is 2.86. The molecule has 5 nitrogen and oxygen atoms in total. The lowest BCUT2D eigenvalue weighted by Gasteiger charge is -2.13. The molecule has 0 spiro atoms. The van der Waals surface area contributed by atoms with Gasteiger partial charge in [0.1, 0.15) is 0 Å². The molecular formula is C12H14F3NO4S. The van der Waals surface area contributed by atoms with Crippen LogP contribution in [0.4, 0.5) is 18.9 Å². The number of hydrogen-bond acceptors (Lipinski definition) is 4. The van der Waals surface area contributed by atoms with E-state index < -0.39 is 32.1 Å². The van der Waals surface area contributed by atoms with Crippen molar-refractivity contribution in [2.75, 3.05) is 11.9 Å². The van der Waals surface area contributed by atoms with Crippen molar-refractivity contribution in [3.63, 3.8) is 0 Å². The Labute approximate surface area is 119 Å². The molecule has 1 atom stereocenters. The van der Waals surface area contributed by atoms with Gasteiger partial charge < -0.3 is 10.4 Å². The number of rotatable bonds is 6. The van der Waals surface area contributed by atoms with Crippen LogP contribution in [0.5, 0.6) is 0 Å². The van der Waals surface area contributed by atoms with Crippen LogP contribution in [0.2, 0.25) is 0 Å². The first-order valence-corrected chi connectivity index (χ1v) is 7.46. The number of benzene rings is 1. The van der Waals surface area contributed by atoms with E-state index in [-0.39, 0.29) is 6.54 Å². The first-order valence-electron chi connectivity index (χ1n) is 5.97. The van der Waals surface area contributed by atoms with Crippen molar-refractivity contribution in [1.82, 2.24) is 0 Å². The van der Waals surface area contributed by atoms with Crippen molar-refractivity contribution < 1.29 is 31.5 Å². The van der Waals surface area contributed by atoms with Gasteiger partial charge in [-0.3, -0.25) is 4.79 Å². The van der Waals surface area contributed by atoms with E-state index in [1.54, 1.807) is 6.92 Å². The van der Waals surface area contributed by atoms with Gasteiger partial charge in [-0.05, 0) is 30.7 Å². The summed E-state index contributed by atoms with van der Waals surface area (Å²) in [6.07, 6.45) is 0.392. The van der Waals surface area contributed by atoms with Gasteiger partial charge >= 0.3 is 11.5 Å². The summed E-state index contributed by atoms with van der Waals surface area (Å²) in [7, 11) is -5.36. The minimum absolute atomic E-state index is 0.0944. The number of aliphatic carboxylic acids is 1. The van der Waals surface area contributed by atoms with Crippen LogP contribution in [-0.2, 0) is 14.6 Å². The summed E-state index contributed by atoms with van der Waals surface area (Å²) >= 11 is 0. The smallest absolute Gasteiger partial charge is 0.481 e. The van der Waals surface area contributed by atoms with Gasteiger partial charge in [-0.25, -0.2) is 8.42 Å². The molecule has 0 aliphatic heterocycles. The fraction of sp³-hybridized carbons (Fsp3) is 0.417. The first kappa shape index (κ1) is 17.3. The Kier molecular flexibility index (Phi) is 5.21. The summed E-state index contributed by atoms with van der Waals surface area (Å²) in [5, 5.41) is 11.6. The van der Waals surface area contributed by atoms with Gasteiger partial charge in [0.25, 0.3) is 9.84 Å². The van der Waals surface area contributed by atoms with Crippen molar-refractivity contribution >= 4 is 21.5 Å². The van der Waals surface area contributed by atoms with Gasteiger partial charge in [0.2, 0.25) is 0 Å². The van der Waals surface area contributed by atoms with Crippen LogP contribution in [-0.4, -0.2) is 31.5 Å². The first-order chi connectivity index (χ1) is 9.59. The van der Waals surface area contributed by atoms with E-state index >= 15 is 0 Å². The summed E-state index contributed by atoms with van der Waals surface area (Å²) in [4.78, 5) is 9.95. The Morgan fingerprint density at radius 1 is 1.29 bits per heavy atom. The monoisotopic (exact) mass is 325 g/mol. The highest BCUT2D eigenvalue weighted by atomic mass is 32.2. The van der Waals surface area contributed by atoms with Gasteiger partial charge in [0.05, 0.1) is 10.8 Å². The third-order valence-corrected chi connectivity index (χ3v) is 4.37. The number of anilines is 1. The Balaban J connectivity index is 2.83. The lowest BCUT2D eigenvalue weighted by molar-refractivity contribution is -0.141. The second-order valence-electron chi connectivity index (χ2n) is 4.30. The van der Waals surface area contributed by atoms with Crippen molar-refractivity contribution in [3.8, 4) is 0 Å². The van der Waals surface area contributed by atoms with E-state index in [9.17, 15) is 26.4 Å². The molecule has 0 aliphatic rings. The molecule has 1 rings (SSSR count). The summed E-state index contributed by atoms with van der Waals surface area (Å²) in [6, 6.07) is 3.97. The second kappa shape index (κ2) is 6.33. The summed E-state index contributed by atoms with van der Waals surface area (Å²) in [5.41, 5.74) is -5.01. The molecule has 21 heavy (non-hydrogen) atoms. The van der Waals surface area contributed by atoms with Gasteiger partial charge in [-0.1, -0.05) is 6.92 Å². The summed E-state index contributed by atoms with van der Waals surface area (Å²) in [6.45, 7) is 1.79. The van der Waals surface area contributed by atoms with Crippen LogP contribution in [0.1, 0.15) is 13.3 Å². The average molecular weight is 325 g/mol. The fourth-order valence-electron chi connectivity index (χ4n) is 1.53. The number of carboxylic acids is 1. The number of nitrogens with one attached hydrogen (secondary N) is 1.